The predicted molar refractivity (Wildman–Crippen MR) is 71.6 cm³/mol. The average molecular weight is 322 g/mol. The molecule has 0 amide bonds. The second-order valence-electron chi connectivity index (χ2n) is 3.87. The van der Waals surface area contributed by atoms with Crippen molar-refractivity contribution in [2.45, 2.75) is 24.8 Å². The molecule has 0 aliphatic carbocycles. The molecule has 1 N–H and O–H groups in total. The highest BCUT2D eigenvalue weighted by atomic mass is 79.9. The van der Waals surface area contributed by atoms with E-state index in [-0.39, 0.29) is 10.9 Å². The summed E-state index contributed by atoms with van der Waals surface area (Å²) in [5.41, 5.74) is 0. The van der Waals surface area contributed by atoms with Crippen LogP contribution in [0.2, 0.25) is 0 Å². The molecule has 1 aromatic rings. The molecule has 0 atom stereocenters. The normalized spacial score (nSPS) is 12.2. The van der Waals surface area contributed by atoms with Crippen molar-refractivity contribution in [3.8, 4) is 0 Å². The van der Waals surface area contributed by atoms with E-state index in [4.69, 9.17) is 0 Å². The van der Waals surface area contributed by atoms with Gasteiger partial charge in [0.2, 0.25) is 10.0 Å². The van der Waals surface area contributed by atoms with Gasteiger partial charge in [0, 0.05) is 30.8 Å². The minimum Gasteiger partial charge on any atom is -0.372 e. The van der Waals surface area contributed by atoms with Gasteiger partial charge in [-0.2, -0.15) is 4.31 Å². The molecule has 1 rings (SSSR count). The lowest BCUT2D eigenvalue weighted by molar-refractivity contribution is 0.410. The molecule has 0 saturated carbocycles. The maximum absolute atomic E-state index is 12.3. The summed E-state index contributed by atoms with van der Waals surface area (Å²) in [5.74, 6) is 0.348. The number of aromatic nitrogens is 1. The Morgan fingerprint density at radius 1 is 1.47 bits per heavy atom. The topological polar surface area (TPSA) is 62.3 Å². The Morgan fingerprint density at radius 3 is 2.53 bits per heavy atom. The Kier molecular flexibility index (Phi) is 4.51. The van der Waals surface area contributed by atoms with Crippen LogP contribution in [0.25, 0.3) is 0 Å². The van der Waals surface area contributed by atoms with Gasteiger partial charge in [0.05, 0.1) is 0 Å². The van der Waals surface area contributed by atoms with E-state index in [9.17, 15) is 8.42 Å². The maximum Gasteiger partial charge on any atom is 0.246 e. The molecule has 5 nitrogen and oxygen atoms in total. The molecular weight excluding hydrogens is 306 g/mol. The summed E-state index contributed by atoms with van der Waals surface area (Å²) >= 11 is 3.23. The van der Waals surface area contributed by atoms with E-state index < -0.39 is 10.0 Å². The first-order valence-electron chi connectivity index (χ1n) is 5.12. The highest BCUT2D eigenvalue weighted by molar-refractivity contribution is 9.10. The van der Waals surface area contributed by atoms with Crippen LogP contribution in [0.5, 0.6) is 0 Å². The summed E-state index contributed by atoms with van der Waals surface area (Å²) < 4.78 is 26.6. The van der Waals surface area contributed by atoms with Crippen LogP contribution >= 0.6 is 15.9 Å². The second-order valence-corrected chi connectivity index (χ2v) is 6.75. The molecule has 0 unspecified atom stereocenters. The lowest BCUT2D eigenvalue weighted by Gasteiger charge is -2.22. The minimum absolute atomic E-state index is 0.108. The highest BCUT2D eigenvalue weighted by Crippen LogP contribution is 2.25. The molecule has 0 spiro atoms. The van der Waals surface area contributed by atoms with Crippen LogP contribution in [0.1, 0.15) is 13.8 Å². The molecular formula is C10H16BrN3O2S. The third-order valence-electron chi connectivity index (χ3n) is 2.44. The lowest BCUT2D eigenvalue weighted by atomic mass is 10.4. The number of hydrogen-bond donors (Lipinski definition) is 1. The van der Waals surface area contributed by atoms with Gasteiger partial charge in [-0.15, -0.1) is 0 Å². The van der Waals surface area contributed by atoms with E-state index in [1.165, 1.54) is 4.31 Å². The van der Waals surface area contributed by atoms with Crippen molar-refractivity contribution in [3.63, 3.8) is 0 Å². The van der Waals surface area contributed by atoms with Gasteiger partial charge >= 0.3 is 0 Å². The Hall–Kier alpha value is -0.660. The molecule has 0 fully saturated rings. The quantitative estimate of drug-likeness (QED) is 0.920. The van der Waals surface area contributed by atoms with Crippen LogP contribution in [0, 0.1) is 0 Å². The van der Waals surface area contributed by atoms with E-state index in [1.807, 2.05) is 13.8 Å². The van der Waals surface area contributed by atoms with Gasteiger partial charge in [0.15, 0.2) is 0 Å². The number of halogens is 1. The van der Waals surface area contributed by atoms with E-state index in [2.05, 4.69) is 26.2 Å². The van der Waals surface area contributed by atoms with Gasteiger partial charge in [0.25, 0.3) is 0 Å². The molecule has 7 heteroatoms. The zero-order valence-electron chi connectivity index (χ0n) is 10.2. The Bertz CT molecular complexity index is 502. The molecule has 0 saturated heterocycles. The van der Waals surface area contributed by atoms with Gasteiger partial charge < -0.3 is 5.32 Å². The molecule has 17 heavy (non-hydrogen) atoms. The Balaban J connectivity index is 3.37. The van der Waals surface area contributed by atoms with Crippen molar-refractivity contribution >= 4 is 31.8 Å². The molecule has 0 aromatic carbocycles. The Morgan fingerprint density at radius 2 is 2.06 bits per heavy atom. The van der Waals surface area contributed by atoms with Crippen LogP contribution < -0.4 is 5.32 Å². The zero-order chi connectivity index (χ0) is 13.2. The SMILES string of the molecule is CNc1ncc(Br)cc1S(=O)(=O)N(C)C(C)C. The van der Waals surface area contributed by atoms with Crippen molar-refractivity contribution in [3.05, 3.63) is 16.7 Å². The number of hydrogen-bond acceptors (Lipinski definition) is 4. The third kappa shape index (κ3) is 2.97. The van der Waals surface area contributed by atoms with Gasteiger partial charge in [-0.25, -0.2) is 13.4 Å². The van der Waals surface area contributed by atoms with Crippen molar-refractivity contribution < 1.29 is 8.42 Å². The van der Waals surface area contributed by atoms with Gasteiger partial charge in [0.1, 0.15) is 10.7 Å². The monoisotopic (exact) mass is 321 g/mol. The maximum atomic E-state index is 12.3. The van der Waals surface area contributed by atoms with Crippen LogP contribution in [0.3, 0.4) is 0 Å². The standard InChI is InChI=1S/C10H16BrN3O2S/c1-7(2)14(4)17(15,16)9-5-8(11)6-13-10(9)12-3/h5-7H,1-4H3,(H,12,13). The van der Waals surface area contributed by atoms with Gasteiger partial charge in [-0.3, -0.25) is 0 Å². The van der Waals surface area contributed by atoms with Crippen LogP contribution in [0.15, 0.2) is 21.6 Å². The van der Waals surface area contributed by atoms with Gasteiger partial charge in [-0.05, 0) is 35.8 Å². The fraction of sp³-hybridized carbons (Fsp3) is 0.500. The first-order chi connectivity index (χ1) is 7.80. The van der Waals surface area contributed by atoms with Gasteiger partial charge in [-0.1, -0.05) is 0 Å². The van der Waals surface area contributed by atoms with Crippen molar-refractivity contribution in [1.82, 2.24) is 9.29 Å². The van der Waals surface area contributed by atoms with Crippen molar-refractivity contribution in [2.75, 3.05) is 19.4 Å². The first-order valence-corrected chi connectivity index (χ1v) is 7.35. The van der Waals surface area contributed by atoms with E-state index in [1.54, 1.807) is 26.4 Å². The summed E-state index contributed by atoms with van der Waals surface area (Å²) in [4.78, 5) is 4.21. The summed E-state index contributed by atoms with van der Waals surface area (Å²) in [6, 6.07) is 1.44. The van der Waals surface area contributed by atoms with Crippen LogP contribution in [-0.2, 0) is 10.0 Å². The predicted octanol–water partition coefficient (Wildman–Crippen LogP) is 1.91. The van der Waals surface area contributed by atoms with Crippen LogP contribution in [0.4, 0.5) is 5.82 Å². The van der Waals surface area contributed by atoms with Crippen LogP contribution in [-0.4, -0.2) is 37.8 Å². The number of pyridine rings is 1. The molecule has 1 aromatic heterocycles. The van der Waals surface area contributed by atoms with E-state index >= 15 is 0 Å². The molecule has 0 aliphatic rings. The van der Waals surface area contributed by atoms with E-state index in [0.717, 1.165) is 0 Å². The minimum atomic E-state index is -3.53. The van der Waals surface area contributed by atoms with E-state index in [0.29, 0.717) is 10.3 Å². The number of nitrogens with zero attached hydrogens (tertiary/aromatic N) is 2. The average Bonchev–Trinajstić information content (AvgIpc) is 2.27. The fourth-order valence-corrected chi connectivity index (χ4v) is 3.26. The van der Waals surface area contributed by atoms with Crippen molar-refractivity contribution in [1.29, 1.82) is 0 Å². The number of sulfonamides is 1. The third-order valence-corrected chi connectivity index (χ3v) is 4.92. The smallest absolute Gasteiger partial charge is 0.246 e. The molecule has 0 radical (unpaired) electrons. The van der Waals surface area contributed by atoms with Crippen molar-refractivity contribution in [2.24, 2.45) is 0 Å². The summed E-state index contributed by atoms with van der Waals surface area (Å²) in [7, 11) is -0.326. The lowest BCUT2D eigenvalue weighted by Crippen LogP contribution is -2.33. The zero-order valence-corrected chi connectivity index (χ0v) is 12.6. The summed E-state index contributed by atoms with van der Waals surface area (Å²) in [6.07, 6.45) is 1.56. The second kappa shape index (κ2) is 5.32. The largest absolute Gasteiger partial charge is 0.372 e. The fourth-order valence-electron chi connectivity index (χ4n) is 1.24. The number of nitrogens with one attached hydrogen (secondary N) is 1. The molecule has 96 valence electrons. The first kappa shape index (κ1) is 14.4. The Labute approximate surface area is 110 Å². The molecule has 0 aliphatic heterocycles. The number of anilines is 1. The highest BCUT2D eigenvalue weighted by Gasteiger charge is 2.26. The molecule has 0 bridgehead atoms. The number of rotatable bonds is 4. The molecule has 1 heterocycles. The summed E-state index contributed by atoms with van der Waals surface area (Å²) in [6.45, 7) is 3.64. The summed E-state index contributed by atoms with van der Waals surface area (Å²) in [5, 5.41) is 2.78.